The maximum Gasteiger partial charge on any atom is 0.222 e. The number of hydrogen-bond donors (Lipinski definition) is 2. The van der Waals surface area contributed by atoms with Gasteiger partial charge in [0.15, 0.2) is 0 Å². The zero-order valence-electron chi connectivity index (χ0n) is 13.5. The van der Waals surface area contributed by atoms with Crippen molar-refractivity contribution in [1.29, 1.82) is 0 Å². The van der Waals surface area contributed by atoms with Crippen molar-refractivity contribution in [3.63, 3.8) is 0 Å². The number of rotatable bonds is 6. The Morgan fingerprint density at radius 3 is 3.04 bits per heavy atom. The smallest absolute Gasteiger partial charge is 0.222 e. The van der Waals surface area contributed by atoms with Crippen LogP contribution in [0.3, 0.4) is 0 Å². The van der Waals surface area contributed by atoms with Gasteiger partial charge < -0.3 is 15.8 Å². The molecule has 3 rings (SSSR count). The molecule has 0 bridgehead atoms. The number of thiazole rings is 1. The Kier molecular flexibility index (Phi) is 5.90. The molecule has 24 heavy (non-hydrogen) atoms. The van der Waals surface area contributed by atoms with Gasteiger partial charge in [0, 0.05) is 49.0 Å². The van der Waals surface area contributed by atoms with E-state index in [0.29, 0.717) is 19.6 Å². The molecule has 2 aromatic heterocycles. The largest absolute Gasteiger partial charge is 0.378 e. The van der Waals surface area contributed by atoms with Crippen LogP contribution in [0.5, 0.6) is 0 Å². The van der Waals surface area contributed by atoms with E-state index in [1.165, 1.54) is 0 Å². The monoisotopic (exact) mass is 346 g/mol. The van der Waals surface area contributed by atoms with Crippen molar-refractivity contribution >= 4 is 17.2 Å². The molecular weight excluding hydrogens is 324 g/mol. The Morgan fingerprint density at radius 2 is 2.25 bits per heavy atom. The third kappa shape index (κ3) is 4.83. The SMILES string of the molecule is NC1CCOC(CC(=O)NCCc2nc(-c3ccncc3)cs2)C1. The van der Waals surface area contributed by atoms with Crippen LogP contribution >= 0.6 is 11.3 Å². The van der Waals surface area contributed by atoms with Crippen LogP contribution in [0.15, 0.2) is 29.9 Å². The van der Waals surface area contributed by atoms with Gasteiger partial charge in [0.2, 0.25) is 5.91 Å². The maximum atomic E-state index is 12.0. The standard InChI is InChI=1S/C17H22N4O2S/c18-13-4-8-23-14(9-13)10-16(22)20-7-3-17-21-15(11-24-17)12-1-5-19-6-2-12/h1-2,5-6,11,13-14H,3-4,7-10,18H2,(H,20,22). The summed E-state index contributed by atoms with van der Waals surface area (Å²) in [4.78, 5) is 20.6. The minimum absolute atomic E-state index is 0.0139. The molecule has 1 saturated heterocycles. The molecule has 0 saturated carbocycles. The molecule has 6 nitrogen and oxygen atoms in total. The molecule has 1 amide bonds. The van der Waals surface area contributed by atoms with Gasteiger partial charge in [0.05, 0.1) is 23.2 Å². The average Bonchev–Trinajstić information content (AvgIpc) is 3.04. The van der Waals surface area contributed by atoms with E-state index < -0.39 is 0 Å². The van der Waals surface area contributed by atoms with Crippen LogP contribution in [0.1, 0.15) is 24.3 Å². The van der Waals surface area contributed by atoms with E-state index in [1.807, 2.05) is 17.5 Å². The second-order valence-electron chi connectivity index (χ2n) is 5.94. The molecule has 2 atom stereocenters. The molecule has 3 heterocycles. The molecule has 1 aliphatic heterocycles. The number of aromatic nitrogens is 2. The summed E-state index contributed by atoms with van der Waals surface area (Å²) in [7, 11) is 0. The van der Waals surface area contributed by atoms with Crippen molar-refractivity contribution in [3.8, 4) is 11.3 Å². The van der Waals surface area contributed by atoms with Gasteiger partial charge in [-0.15, -0.1) is 11.3 Å². The number of carbonyl (C=O) groups is 1. The Balaban J connectivity index is 1.42. The van der Waals surface area contributed by atoms with Crippen LogP contribution < -0.4 is 11.1 Å². The summed E-state index contributed by atoms with van der Waals surface area (Å²) in [5.41, 5.74) is 7.91. The highest BCUT2D eigenvalue weighted by molar-refractivity contribution is 7.09. The first-order valence-corrected chi connectivity index (χ1v) is 9.07. The molecule has 0 aliphatic carbocycles. The molecule has 0 aromatic carbocycles. The van der Waals surface area contributed by atoms with Gasteiger partial charge in [-0.05, 0) is 25.0 Å². The topological polar surface area (TPSA) is 90.1 Å². The summed E-state index contributed by atoms with van der Waals surface area (Å²) >= 11 is 1.61. The average molecular weight is 346 g/mol. The number of amides is 1. The highest BCUT2D eigenvalue weighted by Crippen LogP contribution is 2.21. The summed E-state index contributed by atoms with van der Waals surface area (Å²) in [5, 5.41) is 5.98. The highest BCUT2D eigenvalue weighted by Gasteiger charge is 2.22. The summed E-state index contributed by atoms with van der Waals surface area (Å²) in [6.07, 6.45) is 6.21. The van der Waals surface area contributed by atoms with E-state index >= 15 is 0 Å². The highest BCUT2D eigenvalue weighted by atomic mass is 32.1. The van der Waals surface area contributed by atoms with E-state index in [-0.39, 0.29) is 18.1 Å². The molecule has 3 N–H and O–H groups in total. The molecule has 1 aliphatic rings. The van der Waals surface area contributed by atoms with Gasteiger partial charge in [-0.25, -0.2) is 4.98 Å². The second kappa shape index (κ2) is 8.32. The van der Waals surface area contributed by atoms with Crippen molar-refractivity contribution in [2.24, 2.45) is 5.73 Å². The van der Waals surface area contributed by atoms with E-state index in [0.717, 1.165) is 35.5 Å². The molecule has 128 valence electrons. The summed E-state index contributed by atoms with van der Waals surface area (Å²) in [6.45, 7) is 1.23. The van der Waals surface area contributed by atoms with Crippen LogP contribution in [-0.2, 0) is 16.0 Å². The minimum Gasteiger partial charge on any atom is -0.378 e. The fourth-order valence-electron chi connectivity index (χ4n) is 2.72. The lowest BCUT2D eigenvalue weighted by Gasteiger charge is -2.26. The molecule has 2 unspecified atom stereocenters. The van der Waals surface area contributed by atoms with E-state index in [1.54, 1.807) is 23.7 Å². The fraction of sp³-hybridized carbons (Fsp3) is 0.471. The Labute approximate surface area is 145 Å². The minimum atomic E-state index is -0.0492. The van der Waals surface area contributed by atoms with Crippen LogP contribution in [0, 0.1) is 0 Å². The van der Waals surface area contributed by atoms with Gasteiger partial charge in [0.1, 0.15) is 0 Å². The van der Waals surface area contributed by atoms with E-state index in [2.05, 4.69) is 15.3 Å². The third-order valence-electron chi connectivity index (χ3n) is 4.01. The van der Waals surface area contributed by atoms with Gasteiger partial charge >= 0.3 is 0 Å². The van der Waals surface area contributed by atoms with Gasteiger partial charge in [-0.1, -0.05) is 0 Å². The van der Waals surface area contributed by atoms with E-state index in [9.17, 15) is 4.79 Å². The van der Waals surface area contributed by atoms with Crippen molar-refractivity contribution in [2.45, 2.75) is 37.8 Å². The van der Waals surface area contributed by atoms with Gasteiger partial charge in [0.25, 0.3) is 0 Å². The summed E-state index contributed by atoms with van der Waals surface area (Å²) < 4.78 is 5.58. The molecule has 2 aromatic rings. The number of nitrogens with two attached hydrogens (primary N) is 1. The first kappa shape index (κ1) is 17.0. The van der Waals surface area contributed by atoms with Crippen molar-refractivity contribution < 1.29 is 9.53 Å². The Morgan fingerprint density at radius 1 is 1.42 bits per heavy atom. The molecule has 0 radical (unpaired) electrons. The Bertz CT molecular complexity index is 662. The number of nitrogens with one attached hydrogen (secondary N) is 1. The lowest BCUT2D eigenvalue weighted by Crippen LogP contribution is -2.38. The normalized spacial score (nSPS) is 20.7. The number of carbonyl (C=O) groups excluding carboxylic acids is 1. The molecule has 0 spiro atoms. The van der Waals surface area contributed by atoms with Crippen molar-refractivity contribution in [2.75, 3.05) is 13.2 Å². The number of pyridine rings is 1. The quantitative estimate of drug-likeness (QED) is 0.832. The van der Waals surface area contributed by atoms with Gasteiger partial charge in [-0.2, -0.15) is 0 Å². The van der Waals surface area contributed by atoms with E-state index in [4.69, 9.17) is 10.5 Å². The summed E-state index contributed by atoms with van der Waals surface area (Å²) in [5.74, 6) is 0.0139. The van der Waals surface area contributed by atoms with Crippen LogP contribution in [0.4, 0.5) is 0 Å². The zero-order chi connectivity index (χ0) is 16.8. The second-order valence-corrected chi connectivity index (χ2v) is 6.89. The maximum absolute atomic E-state index is 12.0. The van der Waals surface area contributed by atoms with Crippen LogP contribution in [0.2, 0.25) is 0 Å². The first-order chi connectivity index (χ1) is 11.7. The molecule has 7 heteroatoms. The van der Waals surface area contributed by atoms with Crippen LogP contribution in [-0.4, -0.2) is 41.2 Å². The predicted octanol–water partition coefficient (Wildman–Crippen LogP) is 1.76. The third-order valence-corrected chi connectivity index (χ3v) is 4.92. The predicted molar refractivity (Wildman–Crippen MR) is 93.6 cm³/mol. The molecule has 1 fully saturated rings. The molecular formula is C17H22N4O2S. The number of nitrogens with zero attached hydrogens (tertiary/aromatic N) is 2. The number of ether oxygens (including phenoxy) is 1. The first-order valence-electron chi connectivity index (χ1n) is 8.19. The number of hydrogen-bond acceptors (Lipinski definition) is 6. The van der Waals surface area contributed by atoms with Crippen LogP contribution in [0.25, 0.3) is 11.3 Å². The van der Waals surface area contributed by atoms with Crippen molar-refractivity contribution in [1.82, 2.24) is 15.3 Å². The lowest BCUT2D eigenvalue weighted by molar-refractivity contribution is -0.125. The Hall–Kier alpha value is -1.83. The van der Waals surface area contributed by atoms with Crippen molar-refractivity contribution in [3.05, 3.63) is 34.9 Å². The summed E-state index contributed by atoms with van der Waals surface area (Å²) in [6, 6.07) is 4.03. The lowest BCUT2D eigenvalue weighted by atomic mass is 10.0. The van der Waals surface area contributed by atoms with Gasteiger partial charge in [-0.3, -0.25) is 9.78 Å². The fourth-order valence-corrected chi connectivity index (χ4v) is 3.53. The zero-order valence-corrected chi connectivity index (χ0v) is 14.3.